The van der Waals surface area contributed by atoms with Crippen molar-refractivity contribution in [2.45, 2.75) is 19.3 Å². The van der Waals surface area contributed by atoms with Crippen molar-refractivity contribution in [3.63, 3.8) is 0 Å². The molecule has 2 atom stereocenters. The van der Waals surface area contributed by atoms with E-state index in [-0.39, 0.29) is 6.61 Å². The van der Waals surface area contributed by atoms with E-state index in [1.54, 1.807) is 43.3 Å². The van der Waals surface area contributed by atoms with Crippen molar-refractivity contribution in [2.75, 3.05) is 33.3 Å². The number of rotatable bonds is 8. The Morgan fingerprint density at radius 1 is 1.10 bits per heavy atom. The predicted octanol–water partition coefficient (Wildman–Crippen LogP) is 4.04. The molecule has 0 heterocycles. The molecule has 0 spiro atoms. The molecule has 0 aromatic heterocycles. The van der Waals surface area contributed by atoms with Gasteiger partial charge in [0.1, 0.15) is 0 Å². The number of ether oxygens (including phenoxy) is 4. The van der Waals surface area contributed by atoms with E-state index in [0.29, 0.717) is 34.4 Å². The topological polar surface area (TPSA) is 83.1 Å². The van der Waals surface area contributed by atoms with Crippen molar-refractivity contribution >= 4 is 29.2 Å². The molecular formula is C22H24ClNO6. The Labute approximate surface area is 180 Å². The summed E-state index contributed by atoms with van der Waals surface area (Å²) < 4.78 is 21.4. The number of anilines is 1. The Morgan fingerprint density at radius 3 is 2.30 bits per heavy atom. The maximum atomic E-state index is 13.2. The van der Waals surface area contributed by atoms with Crippen molar-refractivity contribution in [2.24, 2.45) is 5.41 Å². The Balaban J connectivity index is 1.97. The molecule has 2 aromatic carbocycles. The normalized spacial score (nSPS) is 19.6. The molecule has 0 bridgehead atoms. The van der Waals surface area contributed by atoms with Crippen LogP contribution < -0.4 is 19.5 Å². The van der Waals surface area contributed by atoms with Gasteiger partial charge in [-0.3, -0.25) is 9.59 Å². The molecule has 1 fully saturated rings. The second-order valence-corrected chi connectivity index (χ2v) is 7.31. The monoisotopic (exact) mass is 433 g/mol. The smallest absolute Gasteiger partial charge is 0.322 e. The minimum Gasteiger partial charge on any atom is -0.493 e. The van der Waals surface area contributed by atoms with Crippen LogP contribution >= 0.6 is 11.6 Å². The van der Waals surface area contributed by atoms with E-state index in [0.717, 1.165) is 5.56 Å². The first-order valence-corrected chi connectivity index (χ1v) is 9.83. The first-order chi connectivity index (χ1) is 14.4. The van der Waals surface area contributed by atoms with Crippen LogP contribution in [0.3, 0.4) is 0 Å². The van der Waals surface area contributed by atoms with Crippen molar-refractivity contribution in [1.82, 2.24) is 0 Å². The molecule has 2 aromatic rings. The number of amides is 1. The van der Waals surface area contributed by atoms with E-state index in [4.69, 9.17) is 30.5 Å². The van der Waals surface area contributed by atoms with Crippen LogP contribution in [0.2, 0.25) is 5.02 Å². The summed E-state index contributed by atoms with van der Waals surface area (Å²) in [7, 11) is 4.54. The van der Waals surface area contributed by atoms with Gasteiger partial charge in [-0.05, 0) is 49.2 Å². The third-order valence-corrected chi connectivity index (χ3v) is 5.41. The fraction of sp³-hybridized carbons (Fsp3) is 0.364. The number of hydrogen-bond acceptors (Lipinski definition) is 6. The van der Waals surface area contributed by atoms with Gasteiger partial charge in [-0.2, -0.15) is 0 Å². The summed E-state index contributed by atoms with van der Waals surface area (Å²) >= 11 is 6.01. The quantitative estimate of drug-likeness (QED) is 0.499. The molecule has 0 unspecified atom stereocenters. The van der Waals surface area contributed by atoms with Crippen LogP contribution in [0, 0.1) is 5.41 Å². The van der Waals surface area contributed by atoms with E-state index in [1.807, 2.05) is 0 Å². The van der Waals surface area contributed by atoms with Gasteiger partial charge in [-0.25, -0.2) is 0 Å². The van der Waals surface area contributed by atoms with Gasteiger partial charge in [0.15, 0.2) is 16.9 Å². The fourth-order valence-electron chi connectivity index (χ4n) is 3.61. The van der Waals surface area contributed by atoms with Crippen LogP contribution in [-0.4, -0.2) is 39.8 Å². The highest BCUT2D eigenvalue weighted by molar-refractivity contribution is 6.31. The van der Waals surface area contributed by atoms with Crippen molar-refractivity contribution in [3.05, 3.63) is 47.0 Å². The van der Waals surface area contributed by atoms with Gasteiger partial charge >= 0.3 is 5.97 Å². The summed E-state index contributed by atoms with van der Waals surface area (Å²) in [6.07, 6.45) is 0.302. The molecule has 1 saturated carbocycles. The molecule has 1 aliphatic carbocycles. The van der Waals surface area contributed by atoms with Gasteiger partial charge in [0.05, 0.1) is 27.9 Å². The summed E-state index contributed by atoms with van der Waals surface area (Å²) in [5.41, 5.74) is -0.117. The van der Waals surface area contributed by atoms with Crippen molar-refractivity contribution < 1.29 is 28.5 Å². The van der Waals surface area contributed by atoms with Gasteiger partial charge in [-0.1, -0.05) is 17.7 Å². The van der Waals surface area contributed by atoms with Crippen LogP contribution in [0.25, 0.3) is 0 Å². The maximum Gasteiger partial charge on any atom is 0.322 e. The van der Waals surface area contributed by atoms with Crippen LogP contribution in [0.1, 0.15) is 24.8 Å². The Morgan fingerprint density at radius 2 is 1.77 bits per heavy atom. The van der Waals surface area contributed by atoms with Gasteiger partial charge in [0, 0.05) is 16.6 Å². The average molecular weight is 434 g/mol. The third kappa shape index (κ3) is 3.89. The Bertz CT molecular complexity index is 937. The summed E-state index contributed by atoms with van der Waals surface area (Å²) in [6, 6.07) is 10.3. The van der Waals surface area contributed by atoms with Gasteiger partial charge in [-0.15, -0.1) is 0 Å². The van der Waals surface area contributed by atoms with Gasteiger partial charge in [0.25, 0.3) is 0 Å². The zero-order valence-electron chi connectivity index (χ0n) is 17.3. The summed E-state index contributed by atoms with van der Waals surface area (Å²) in [5.74, 6) is -0.0669. The molecule has 30 heavy (non-hydrogen) atoms. The predicted molar refractivity (Wildman–Crippen MR) is 113 cm³/mol. The molecule has 0 saturated heterocycles. The largest absolute Gasteiger partial charge is 0.493 e. The summed E-state index contributed by atoms with van der Waals surface area (Å²) in [4.78, 5) is 26.0. The SMILES string of the molecule is CCOC(=O)[C@]1(C(=O)Nc2cccc(Cl)c2)C[C@H]1c1cc(OC)c(OC)c(OC)c1. The minimum atomic E-state index is -1.34. The molecule has 7 nitrogen and oxygen atoms in total. The number of carbonyl (C=O) groups is 2. The standard InChI is InChI=1S/C22H24ClNO6/c1-5-30-21(26)22(20(25)24-15-8-6-7-14(23)11-15)12-16(22)13-9-17(27-2)19(29-4)18(10-13)28-3/h6-11,16H,5,12H2,1-4H3,(H,24,25)/t16-,22+/m0/s1. The maximum absolute atomic E-state index is 13.2. The third-order valence-electron chi connectivity index (χ3n) is 5.18. The first-order valence-electron chi connectivity index (χ1n) is 9.45. The minimum absolute atomic E-state index is 0.174. The number of benzene rings is 2. The zero-order valence-corrected chi connectivity index (χ0v) is 18.0. The van der Waals surface area contributed by atoms with E-state index < -0.39 is 23.2 Å². The average Bonchev–Trinajstić information content (AvgIpc) is 3.50. The molecule has 160 valence electrons. The molecule has 1 amide bonds. The van der Waals surface area contributed by atoms with Crippen LogP contribution in [0.5, 0.6) is 17.2 Å². The highest BCUT2D eigenvalue weighted by Gasteiger charge is 2.67. The molecule has 8 heteroatoms. The number of methoxy groups -OCH3 is 3. The fourth-order valence-corrected chi connectivity index (χ4v) is 3.80. The first kappa shape index (κ1) is 21.8. The van der Waals surface area contributed by atoms with Crippen LogP contribution in [0.4, 0.5) is 5.69 Å². The molecule has 1 aliphatic rings. The number of carbonyl (C=O) groups excluding carboxylic acids is 2. The number of esters is 1. The number of nitrogens with one attached hydrogen (secondary N) is 1. The lowest BCUT2D eigenvalue weighted by molar-refractivity contribution is -0.153. The van der Waals surface area contributed by atoms with Gasteiger partial charge < -0.3 is 24.3 Å². The summed E-state index contributed by atoms with van der Waals surface area (Å²) in [5, 5.41) is 3.27. The number of halogens is 1. The zero-order chi connectivity index (χ0) is 21.9. The molecule has 0 radical (unpaired) electrons. The van der Waals surface area contributed by atoms with E-state index >= 15 is 0 Å². The molecular weight excluding hydrogens is 410 g/mol. The van der Waals surface area contributed by atoms with Crippen molar-refractivity contribution in [3.8, 4) is 17.2 Å². The lowest BCUT2D eigenvalue weighted by Crippen LogP contribution is -2.34. The van der Waals surface area contributed by atoms with E-state index in [1.165, 1.54) is 21.3 Å². The lowest BCUT2D eigenvalue weighted by Gasteiger charge is -2.18. The molecule has 1 N–H and O–H groups in total. The molecule has 3 rings (SSSR count). The van der Waals surface area contributed by atoms with Gasteiger partial charge in [0.2, 0.25) is 11.7 Å². The number of hydrogen-bond donors (Lipinski definition) is 1. The van der Waals surface area contributed by atoms with E-state index in [2.05, 4.69) is 5.32 Å². The summed E-state index contributed by atoms with van der Waals surface area (Å²) in [6.45, 7) is 1.88. The second-order valence-electron chi connectivity index (χ2n) is 6.87. The van der Waals surface area contributed by atoms with E-state index in [9.17, 15) is 9.59 Å². The van der Waals surface area contributed by atoms with Crippen LogP contribution in [-0.2, 0) is 14.3 Å². The Hall–Kier alpha value is -2.93. The highest BCUT2D eigenvalue weighted by Crippen LogP contribution is 2.62. The Kier molecular flexibility index (Phi) is 6.41. The second kappa shape index (κ2) is 8.83. The lowest BCUT2D eigenvalue weighted by atomic mass is 9.97. The van der Waals surface area contributed by atoms with Crippen LogP contribution in [0.15, 0.2) is 36.4 Å². The highest BCUT2D eigenvalue weighted by atomic mass is 35.5. The molecule has 0 aliphatic heterocycles. The van der Waals surface area contributed by atoms with Crippen molar-refractivity contribution in [1.29, 1.82) is 0 Å².